The standard InChI is InChI=1S/C43H48F2N7O6P/c1-27(2)52(28(3)4)59(55-22-10-21-46)58-41-23-40(45)24-42(40,39(41)56-38(35(41)44)51-26-50-34-36(47)48-25-49-37(34)51)57-43(29-11-8-7-9-12-29,30-13-17-32(53-5)18-14-30)31-15-19-33(54-6)20-16-31/h7-9,11-20,25-28,35,38-39H,10,22-24H2,1-6H3,(H2,47,48,49)/t35-,38-,39+,40+,41+,42+,59?/m1/s1. The van der Waals surface area contributed by atoms with Crippen LogP contribution in [-0.2, 0) is 24.1 Å². The Morgan fingerprint density at radius 2 is 1.54 bits per heavy atom. The summed E-state index contributed by atoms with van der Waals surface area (Å²) in [5, 5.41) is 9.45. The van der Waals surface area contributed by atoms with E-state index in [4.69, 9.17) is 33.7 Å². The van der Waals surface area contributed by atoms with Crippen molar-refractivity contribution in [2.45, 2.75) is 100 Å². The lowest BCUT2D eigenvalue weighted by molar-refractivity contribution is -0.166. The van der Waals surface area contributed by atoms with Crippen molar-refractivity contribution >= 4 is 25.5 Å². The Balaban J connectivity index is 1.33. The number of imidazole rings is 1. The van der Waals surface area contributed by atoms with Gasteiger partial charge < -0.3 is 33.7 Å². The first-order valence-corrected chi connectivity index (χ1v) is 20.7. The Labute approximate surface area is 343 Å². The smallest absolute Gasteiger partial charge is 0.260 e. The molecule has 0 amide bonds. The molecule has 16 heteroatoms. The van der Waals surface area contributed by atoms with Gasteiger partial charge in [0, 0.05) is 24.9 Å². The molecule has 1 aliphatic heterocycles. The first-order valence-electron chi connectivity index (χ1n) is 19.6. The molecule has 13 nitrogen and oxygen atoms in total. The molecule has 0 spiro atoms. The summed E-state index contributed by atoms with van der Waals surface area (Å²) in [7, 11) is 1.08. The Bertz CT molecular complexity index is 2260. The van der Waals surface area contributed by atoms with Gasteiger partial charge in [0.2, 0.25) is 0 Å². The SMILES string of the molecule is COc1ccc(C(O[C@]23C[C@@]2(F)C[C@]2(OP(OCCC#N)N(C(C)C)C(C)C)[C@H](F)[C@H](n4cnc5c(N)ncnc54)O[C@@H]23)(c2ccccc2)c2ccc(OC)cc2)cc1. The number of ether oxygens (including phenoxy) is 4. The van der Waals surface area contributed by atoms with E-state index in [1.807, 2.05) is 111 Å². The maximum Gasteiger partial charge on any atom is 0.260 e. The minimum absolute atomic E-state index is 0.0248. The highest BCUT2D eigenvalue weighted by Gasteiger charge is 2.91. The summed E-state index contributed by atoms with van der Waals surface area (Å²) in [6, 6.07) is 26.2. The summed E-state index contributed by atoms with van der Waals surface area (Å²) >= 11 is 0. The number of hydrogen-bond acceptors (Lipinski definition) is 12. The van der Waals surface area contributed by atoms with E-state index < -0.39 is 55.9 Å². The third-order valence-electron chi connectivity index (χ3n) is 11.7. The molecule has 7 atom stereocenters. The van der Waals surface area contributed by atoms with Crippen LogP contribution >= 0.6 is 8.53 Å². The fourth-order valence-electron chi connectivity index (χ4n) is 9.03. The van der Waals surface area contributed by atoms with Crippen LogP contribution in [0, 0.1) is 11.3 Å². The van der Waals surface area contributed by atoms with E-state index in [1.165, 1.54) is 17.2 Å². The molecular formula is C43H48F2N7O6P. The molecule has 3 aliphatic rings. The molecule has 2 aliphatic carbocycles. The molecule has 310 valence electrons. The van der Waals surface area contributed by atoms with Gasteiger partial charge in [-0.2, -0.15) is 5.26 Å². The molecule has 3 aromatic carbocycles. The molecular weight excluding hydrogens is 779 g/mol. The van der Waals surface area contributed by atoms with Gasteiger partial charge in [-0.25, -0.2) is 28.4 Å². The largest absolute Gasteiger partial charge is 0.497 e. The molecule has 1 unspecified atom stereocenters. The second kappa shape index (κ2) is 15.7. The number of fused-ring (bicyclic) bond motifs is 4. The molecule has 0 radical (unpaired) electrons. The summed E-state index contributed by atoms with van der Waals surface area (Å²) in [5.74, 6) is 1.35. The van der Waals surface area contributed by atoms with Crippen LogP contribution in [0.5, 0.6) is 11.5 Å². The van der Waals surface area contributed by atoms with E-state index in [2.05, 4.69) is 21.0 Å². The van der Waals surface area contributed by atoms with Crippen molar-refractivity contribution in [1.82, 2.24) is 24.2 Å². The van der Waals surface area contributed by atoms with Crippen molar-refractivity contribution in [3.8, 4) is 17.6 Å². The number of halogens is 2. The van der Waals surface area contributed by atoms with Gasteiger partial charge in [0.15, 0.2) is 23.9 Å². The van der Waals surface area contributed by atoms with E-state index >= 15 is 8.78 Å². The second-order valence-electron chi connectivity index (χ2n) is 15.8. The number of nitrogen functional groups attached to an aromatic ring is 1. The zero-order valence-electron chi connectivity index (χ0n) is 33.8. The summed E-state index contributed by atoms with van der Waals surface area (Å²) < 4.78 is 78.7. The first-order chi connectivity index (χ1) is 28.4. The van der Waals surface area contributed by atoms with Crippen LogP contribution in [-0.4, -0.2) is 86.2 Å². The number of benzene rings is 3. The van der Waals surface area contributed by atoms with Gasteiger partial charge in [-0.1, -0.05) is 54.6 Å². The van der Waals surface area contributed by atoms with Crippen molar-refractivity contribution < 1.29 is 36.8 Å². The van der Waals surface area contributed by atoms with Crippen LogP contribution < -0.4 is 15.2 Å². The number of nitriles is 1. The zero-order chi connectivity index (χ0) is 41.7. The number of alkyl halides is 2. The van der Waals surface area contributed by atoms with E-state index in [1.54, 1.807) is 14.2 Å². The maximum atomic E-state index is 18.2. The normalized spacial score (nSPS) is 26.6. The van der Waals surface area contributed by atoms with Gasteiger partial charge in [0.25, 0.3) is 8.53 Å². The van der Waals surface area contributed by atoms with Gasteiger partial charge in [0.05, 0.1) is 39.6 Å². The Hall–Kier alpha value is -4.81. The van der Waals surface area contributed by atoms with E-state index in [-0.39, 0.29) is 48.5 Å². The van der Waals surface area contributed by atoms with Crippen molar-refractivity contribution in [3.63, 3.8) is 0 Å². The highest BCUT2D eigenvalue weighted by molar-refractivity contribution is 7.44. The molecule has 59 heavy (non-hydrogen) atoms. The fourth-order valence-corrected chi connectivity index (χ4v) is 10.9. The van der Waals surface area contributed by atoms with Crippen LogP contribution in [0.15, 0.2) is 91.5 Å². The molecule has 0 bridgehead atoms. The van der Waals surface area contributed by atoms with Crippen molar-refractivity contribution in [2.75, 3.05) is 26.6 Å². The van der Waals surface area contributed by atoms with Crippen molar-refractivity contribution in [3.05, 3.63) is 108 Å². The molecule has 8 rings (SSSR count). The summed E-state index contributed by atoms with van der Waals surface area (Å²) in [6.07, 6.45) is -2.48. The highest BCUT2D eigenvalue weighted by atomic mass is 31.2. The predicted octanol–water partition coefficient (Wildman–Crippen LogP) is 7.96. The predicted molar refractivity (Wildman–Crippen MR) is 217 cm³/mol. The number of nitrogens with zero attached hydrogens (tertiary/aromatic N) is 6. The third-order valence-corrected chi connectivity index (χ3v) is 13.9. The number of anilines is 1. The van der Waals surface area contributed by atoms with Gasteiger partial charge in [-0.05, 0) is 68.7 Å². The van der Waals surface area contributed by atoms with E-state index in [0.29, 0.717) is 28.2 Å². The quantitative estimate of drug-likeness (QED) is 0.0584. The first kappa shape index (κ1) is 40.9. The Morgan fingerprint density at radius 3 is 2.12 bits per heavy atom. The second-order valence-corrected chi connectivity index (χ2v) is 17.2. The summed E-state index contributed by atoms with van der Waals surface area (Å²) in [5.41, 5.74) is 1.41. The van der Waals surface area contributed by atoms with Crippen LogP contribution in [0.25, 0.3) is 11.2 Å². The number of hydrogen-bond donors (Lipinski definition) is 1. The molecule has 2 saturated carbocycles. The monoisotopic (exact) mass is 827 g/mol. The van der Waals surface area contributed by atoms with Crippen molar-refractivity contribution in [1.29, 1.82) is 5.26 Å². The van der Waals surface area contributed by atoms with Gasteiger partial charge in [-0.15, -0.1) is 0 Å². The van der Waals surface area contributed by atoms with Gasteiger partial charge in [0.1, 0.15) is 51.9 Å². The van der Waals surface area contributed by atoms with E-state index in [9.17, 15) is 5.26 Å². The van der Waals surface area contributed by atoms with E-state index in [0.717, 1.165) is 0 Å². The minimum Gasteiger partial charge on any atom is -0.497 e. The van der Waals surface area contributed by atoms with Crippen molar-refractivity contribution in [2.24, 2.45) is 0 Å². The number of nitrogens with two attached hydrogens (primary N) is 1. The average molecular weight is 828 g/mol. The average Bonchev–Trinajstić information content (AvgIpc) is 3.45. The number of methoxy groups -OCH3 is 2. The van der Waals surface area contributed by atoms with Crippen LogP contribution in [0.3, 0.4) is 0 Å². The lowest BCUT2D eigenvalue weighted by atomic mass is 9.79. The molecule has 1 saturated heterocycles. The lowest BCUT2D eigenvalue weighted by Crippen LogP contribution is -2.52. The fraction of sp³-hybridized carbons (Fsp3) is 0.442. The third kappa shape index (κ3) is 6.61. The molecule has 5 aromatic rings. The molecule has 3 heterocycles. The van der Waals surface area contributed by atoms with Gasteiger partial charge >= 0.3 is 0 Å². The maximum absolute atomic E-state index is 18.2. The van der Waals surface area contributed by atoms with Gasteiger partial charge in [-0.3, -0.25) is 4.57 Å². The van der Waals surface area contributed by atoms with Crippen LogP contribution in [0.4, 0.5) is 14.6 Å². The Kier molecular flexibility index (Phi) is 10.9. The number of aromatic nitrogens is 4. The summed E-state index contributed by atoms with van der Waals surface area (Å²) in [4.78, 5) is 12.8. The summed E-state index contributed by atoms with van der Waals surface area (Å²) in [6.45, 7) is 7.95. The number of rotatable bonds is 16. The molecule has 3 fully saturated rings. The zero-order valence-corrected chi connectivity index (χ0v) is 34.7. The lowest BCUT2D eigenvalue weighted by Gasteiger charge is -2.43. The Morgan fingerprint density at radius 1 is 0.932 bits per heavy atom. The molecule has 2 aromatic heterocycles. The topological polar surface area (TPSA) is 152 Å². The highest BCUT2D eigenvalue weighted by Crippen LogP contribution is 2.76. The molecule has 2 N–H and O–H groups in total. The van der Waals surface area contributed by atoms with Crippen LogP contribution in [0.1, 0.15) is 69.9 Å². The minimum atomic E-state index is -2.11. The van der Waals surface area contributed by atoms with Crippen LogP contribution in [0.2, 0.25) is 0 Å².